The molecule has 1 aromatic rings. The lowest BCUT2D eigenvalue weighted by molar-refractivity contribution is -0.130. The van der Waals surface area contributed by atoms with E-state index in [0.29, 0.717) is 11.5 Å². The fourth-order valence-corrected chi connectivity index (χ4v) is 4.08. The molecule has 1 fully saturated rings. The molecule has 0 radical (unpaired) electrons. The van der Waals surface area contributed by atoms with Crippen LogP contribution in [0.1, 0.15) is 63.5 Å². The predicted octanol–water partition coefficient (Wildman–Crippen LogP) is 5.96. The maximum atomic E-state index is 12.2. The summed E-state index contributed by atoms with van der Waals surface area (Å²) < 4.78 is 0. The van der Waals surface area contributed by atoms with E-state index in [1.54, 1.807) is 0 Å². The fraction of sp³-hybridized carbons (Fsp3) is 0.407. The van der Waals surface area contributed by atoms with E-state index < -0.39 is 5.41 Å². The largest absolute Gasteiger partial charge is 0.384 e. The highest BCUT2D eigenvalue weighted by atomic mass is 35.5. The van der Waals surface area contributed by atoms with E-state index in [9.17, 15) is 4.79 Å². The molecule has 180 valence electrons. The molecule has 3 rings (SSSR count). The number of nitrogens with two attached hydrogens (primary N) is 2. The number of amidine groups is 1. The van der Waals surface area contributed by atoms with E-state index in [1.807, 2.05) is 13.8 Å². The first kappa shape index (κ1) is 28.2. The Morgan fingerprint density at radius 2 is 1.82 bits per heavy atom. The third kappa shape index (κ3) is 9.70. The Morgan fingerprint density at radius 1 is 1.18 bits per heavy atom. The highest BCUT2D eigenvalue weighted by Crippen LogP contribution is 2.43. The van der Waals surface area contributed by atoms with Gasteiger partial charge in [0.05, 0.1) is 12.0 Å². The predicted molar refractivity (Wildman–Crippen MR) is 143 cm³/mol. The number of nitrogens with one attached hydrogen (secondary N) is 1. The van der Waals surface area contributed by atoms with Gasteiger partial charge >= 0.3 is 0 Å². The van der Waals surface area contributed by atoms with Crippen LogP contribution < -0.4 is 16.9 Å². The number of carbonyl (C=O) groups excluding carboxylic acids is 1. The van der Waals surface area contributed by atoms with E-state index in [2.05, 4.69) is 78.6 Å². The molecule has 2 aliphatic rings. The van der Waals surface area contributed by atoms with E-state index in [4.69, 9.17) is 23.2 Å². The van der Waals surface area contributed by atoms with Gasteiger partial charge in [0.25, 0.3) is 0 Å². The lowest BCUT2D eigenvalue weighted by Crippen LogP contribution is -2.43. The third-order valence-corrected chi connectivity index (χ3v) is 5.67. The van der Waals surface area contributed by atoms with Gasteiger partial charge in [0.2, 0.25) is 5.91 Å². The first-order chi connectivity index (χ1) is 15.9. The van der Waals surface area contributed by atoms with Crippen molar-refractivity contribution in [3.63, 3.8) is 0 Å². The zero-order valence-electron chi connectivity index (χ0n) is 20.2. The van der Waals surface area contributed by atoms with Crippen LogP contribution in [0.3, 0.4) is 0 Å². The minimum Gasteiger partial charge on any atom is -0.384 e. The van der Waals surface area contributed by atoms with Crippen molar-refractivity contribution in [3.05, 3.63) is 77.4 Å². The highest BCUT2D eigenvalue weighted by molar-refractivity contribution is 6.29. The maximum absolute atomic E-state index is 12.2. The molecule has 0 aromatic heterocycles. The van der Waals surface area contributed by atoms with E-state index in [1.165, 1.54) is 16.7 Å². The molecule has 0 unspecified atom stereocenters. The quantitative estimate of drug-likeness (QED) is 0.207. The summed E-state index contributed by atoms with van der Waals surface area (Å²) in [5, 5.41) is 6.57. The Kier molecular flexibility index (Phi) is 12.9. The third-order valence-electron chi connectivity index (χ3n) is 5.53. The smallest absolute Gasteiger partial charge is 0.226 e. The van der Waals surface area contributed by atoms with Gasteiger partial charge in [0, 0.05) is 5.03 Å². The number of hydrogen-bond acceptors (Lipinski definition) is 3. The molecule has 0 heterocycles. The molecule has 33 heavy (non-hydrogen) atoms. The fourth-order valence-electron chi connectivity index (χ4n) is 3.82. The SMILES string of the molecule is C=C(Cl)CC1(C(=O)NC/C(N)=N/N)CCCC1.CC.Cc1ccc(C2=CC=CCC=C2)cc1. The van der Waals surface area contributed by atoms with Gasteiger partial charge in [-0.3, -0.25) is 4.79 Å². The van der Waals surface area contributed by atoms with Crippen LogP contribution in [0.15, 0.2) is 71.4 Å². The van der Waals surface area contributed by atoms with Crippen LogP contribution in [0.2, 0.25) is 0 Å². The molecule has 2 aliphatic carbocycles. The zero-order chi connectivity index (χ0) is 24.7. The number of nitrogens with zero attached hydrogens (tertiary/aromatic N) is 1. The summed E-state index contributed by atoms with van der Waals surface area (Å²) in [6.45, 7) is 9.96. The molecule has 0 atom stereocenters. The highest BCUT2D eigenvalue weighted by Gasteiger charge is 2.41. The summed E-state index contributed by atoms with van der Waals surface area (Å²) in [5.41, 5.74) is 8.90. The minimum atomic E-state index is -0.423. The Hall–Kier alpha value is -2.79. The molecule has 5 N–H and O–H groups in total. The van der Waals surface area contributed by atoms with Crippen molar-refractivity contribution >= 4 is 28.9 Å². The lowest BCUT2D eigenvalue weighted by Gasteiger charge is -2.27. The van der Waals surface area contributed by atoms with E-state index in [-0.39, 0.29) is 18.3 Å². The second-order valence-corrected chi connectivity index (χ2v) is 8.57. The molecule has 6 heteroatoms. The van der Waals surface area contributed by atoms with Crippen LogP contribution in [0.25, 0.3) is 5.57 Å². The number of halogens is 1. The number of benzene rings is 1. The topological polar surface area (TPSA) is 93.5 Å². The van der Waals surface area contributed by atoms with Gasteiger partial charge in [-0.25, -0.2) is 0 Å². The van der Waals surface area contributed by atoms with Gasteiger partial charge in [-0.2, -0.15) is 5.10 Å². The molecule has 5 nitrogen and oxygen atoms in total. The summed E-state index contributed by atoms with van der Waals surface area (Å²) >= 11 is 5.84. The standard InChI is InChI=1S/C14H14.C11H19ClN4O.C2H6/c1-12-8-10-14(11-9-12)13-6-4-2-3-5-7-13;1-8(12)6-11(4-2-3-5-11)10(17)15-7-9(13)16-14;1-2/h2,4-11H,3H2,1H3;1-7,14H2,(H2,13,16)(H,15,17);1-2H3. The molecule has 0 saturated heterocycles. The minimum absolute atomic E-state index is 0.0385. The number of carbonyl (C=O) groups is 1. The van der Waals surface area contributed by atoms with Gasteiger partial charge in [0.15, 0.2) is 0 Å². The summed E-state index contributed by atoms with van der Waals surface area (Å²) in [6, 6.07) is 8.65. The van der Waals surface area contributed by atoms with Crippen molar-refractivity contribution in [3.8, 4) is 0 Å². The van der Waals surface area contributed by atoms with Crippen LogP contribution in [-0.4, -0.2) is 18.3 Å². The van der Waals surface area contributed by atoms with Gasteiger partial charge in [0.1, 0.15) is 5.84 Å². The van der Waals surface area contributed by atoms with Gasteiger partial charge in [-0.05, 0) is 43.7 Å². The number of allylic oxidation sites excluding steroid dienone is 7. The van der Waals surface area contributed by atoms with Crippen LogP contribution in [0, 0.1) is 12.3 Å². The number of hydrogen-bond donors (Lipinski definition) is 3. The monoisotopic (exact) mass is 470 g/mol. The Morgan fingerprint density at radius 3 is 2.39 bits per heavy atom. The van der Waals surface area contributed by atoms with Gasteiger partial charge < -0.3 is 16.9 Å². The van der Waals surface area contributed by atoms with Crippen LogP contribution in [-0.2, 0) is 4.79 Å². The van der Waals surface area contributed by atoms with Crippen molar-refractivity contribution in [2.24, 2.45) is 22.1 Å². The Balaban J connectivity index is 0.000000311. The summed E-state index contributed by atoms with van der Waals surface area (Å²) in [6.07, 6.45) is 16.1. The second-order valence-electron chi connectivity index (χ2n) is 8.04. The molecular weight excluding hydrogens is 432 g/mol. The van der Waals surface area contributed by atoms with Crippen molar-refractivity contribution in [2.45, 2.75) is 59.3 Å². The Labute approximate surface area is 204 Å². The van der Waals surface area contributed by atoms with Crippen molar-refractivity contribution in [2.75, 3.05) is 6.54 Å². The Bertz CT molecular complexity index is 876. The van der Waals surface area contributed by atoms with E-state index >= 15 is 0 Å². The first-order valence-electron chi connectivity index (χ1n) is 11.6. The van der Waals surface area contributed by atoms with Crippen molar-refractivity contribution in [1.82, 2.24) is 5.32 Å². The van der Waals surface area contributed by atoms with Crippen molar-refractivity contribution in [1.29, 1.82) is 0 Å². The number of amides is 1. The number of hydrazone groups is 1. The summed E-state index contributed by atoms with van der Waals surface area (Å²) in [7, 11) is 0. The molecule has 1 aromatic carbocycles. The number of rotatable bonds is 6. The second kappa shape index (κ2) is 15.1. The average Bonchev–Trinajstić information content (AvgIpc) is 3.12. The summed E-state index contributed by atoms with van der Waals surface area (Å²) in [4.78, 5) is 12.2. The van der Waals surface area contributed by atoms with Gasteiger partial charge in [-0.1, -0.05) is 105 Å². The van der Waals surface area contributed by atoms with E-state index in [0.717, 1.165) is 32.1 Å². The van der Waals surface area contributed by atoms with Crippen LogP contribution in [0.4, 0.5) is 0 Å². The molecule has 0 spiro atoms. The average molecular weight is 471 g/mol. The molecule has 0 bridgehead atoms. The van der Waals surface area contributed by atoms with Crippen molar-refractivity contribution < 1.29 is 4.79 Å². The summed E-state index contributed by atoms with van der Waals surface area (Å²) in [5.74, 6) is 5.17. The molecular formula is C27H39ClN4O. The lowest BCUT2D eigenvalue weighted by atomic mass is 9.81. The zero-order valence-corrected chi connectivity index (χ0v) is 21.0. The normalized spacial score (nSPS) is 16.4. The van der Waals surface area contributed by atoms with Crippen LogP contribution >= 0.6 is 11.6 Å². The molecule has 0 aliphatic heterocycles. The molecule has 1 saturated carbocycles. The number of aryl methyl sites for hydroxylation is 1. The molecule has 1 amide bonds. The first-order valence-corrected chi connectivity index (χ1v) is 12.0. The van der Waals surface area contributed by atoms with Gasteiger partial charge in [-0.15, -0.1) is 0 Å². The maximum Gasteiger partial charge on any atom is 0.226 e. The van der Waals surface area contributed by atoms with Crippen LogP contribution in [0.5, 0.6) is 0 Å².